The predicted octanol–water partition coefficient (Wildman–Crippen LogP) is 4.30. The van der Waals surface area contributed by atoms with E-state index in [0.717, 1.165) is 17.5 Å². The molecule has 0 unspecified atom stereocenters. The lowest BCUT2D eigenvalue weighted by atomic mass is 9.71. The molecule has 3 aromatic rings. The summed E-state index contributed by atoms with van der Waals surface area (Å²) >= 11 is 0. The maximum Gasteiger partial charge on any atom is 0.336 e. The van der Waals surface area contributed by atoms with E-state index in [9.17, 15) is 19.6 Å². The van der Waals surface area contributed by atoms with E-state index in [4.69, 9.17) is 20.4 Å². The van der Waals surface area contributed by atoms with E-state index < -0.39 is 36.4 Å². The molecule has 0 radical (unpaired) electrons. The van der Waals surface area contributed by atoms with E-state index >= 15 is 0 Å². The average Bonchev–Trinajstić information content (AvgIpc) is 3.24. The minimum Gasteiger partial charge on any atom is -0.481 e. The van der Waals surface area contributed by atoms with Gasteiger partial charge >= 0.3 is 17.9 Å². The summed E-state index contributed by atoms with van der Waals surface area (Å²) in [6.07, 6.45) is 3.64. The summed E-state index contributed by atoms with van der Waals surface area (Å²) in [5, 5.41) is 44.2. The fourth-order valence-electron chi connectivity index (χ4n) is 5.74. The van der Waals surface area contributed by atoms with Gasteiger partial charge < -0.3 is 30.3 Å². The first kappa shape index (κ1) is 31.3. The van der Waals surface area contributed by atoms with E-state index in [2.05, 4.69) is 67.3 Å². The molecule has 0 amide bonds. The summed E-state index contributed by atoms with van der Waals surface area (Å²) in [6.45, 7) is 2.20. The van der Waals surface area contributed by atoms with Gasteiger partial charge in [0.1, 0.15) is 0 Å². The Hall–Kier alpha value is -4.20. The van der Waals surface area contributed by atoms with Gasteiger partial charge in [-0.25, -0.2) is 4.79 Å². The summed E-state index contributed by atoms with van der Waals surface area (Å²) in [5.74, 6) is -4.45. The zero-order valence-electron chi connectivity index (χ0n) is 23.6. The quantitative estimate of drug-likeness (QED) is 0.254. The molecule has 1 aliphatic carbocycles. The molecule has 10 nitrogen and oxygen atoms in total. The number of H-pyrrole nitrogens is 1. The Labute approximate surface area is 238 Å². The summed E-state index contributed by atoms with van der Waals surface area (Å²) in [4.78, 5) is 36.6. The lowest BCUT2D eigenvalue weighted by Gasteiger charge is -2.45. The molecule has 4 rings (SSSR count). The number of nitriles is 1. The van der Waals surface area contributed by atoms with E-state index in [1.54, 1.807) is 0 Å². The largest absolute Gasteiger partial charge is 0.481 e. The van der Waals surface area contributed by atoms with Crippen molar-refractivity contribution in [2.24, 2.45) is 0 Å². The molecular weight excluding hydrogens is 526 g/mol. The van der Waals surface area contributed by atoms with Gasteiger partial charge in [-0.05, 0) is 88.4 Å². The second kappa shape index (κ2) is 13.0. The number of hydrogen-bond donors (Lipinski definition) is 5. The first-order valence-electron chi connectivity index (χ1n) is 13.4. The second-order valence-electron chi connectivity index (χ2n) is 11.1. The van der Waals surface area contributed by atoms with Crippen molar-refractivity contribution < 1.29 is 34.8 Å². The number of carboxylic acid groups (broad SMARTS) is 3. The monoisotopic (exact) mass is 563 g/mol. The number of carboxylic acids is 3. The maximum atomic E-state index is 10.3. The van der Waals surface area contributed by atoms with Crippen LogP contribution in [0.2, 0.25) is 0 Å². The van der Waals surface area contributed by atoms with Gasteiger partial charge in [-0.2, -0.15) is 5.26 Å². The molecule has 1 aliphatic rings. The smallest absolute Gasteiger partial charge is 0.336 e. The lowest BCUT2D eigenvalue weighted by Crippen LogP contribution is -2.48. The lowest BCUT2D eigenvalue weighted by molar-refractivity contribution is -0.170. The summed E-state index contributed by atoms with van der Waals surface area (Å²) in [5.41, 5.74) is 3.51. The fourth-order valence-corrected chi connectivity index (χ4v) is 5.74. The first-order valence-corrected chi connectivity index (χ1v) is 13.4. The van der Waals surface area contributed by atoms with Crippen molar-refractivity contribution in [1.82, 2.24) is 9.88 Å². The van der Waals surface area contributed by atoms with Crippen molar-refractivity contribution in [2.75, 3.05) is 14.1 Å². The third kappa shape index (κ3) is 7.51. The van der Waals surface area contributed by atoms with Crippen LogP contribution in [0.15, 0.2) is 48.5 Å². The molecule has 1 aromatic heterocycles. The molecule has 0 aliphatic heterocycles. The van der Waals surface area contributed by atoms with Gasteiger partial charge in [-0.1, -0.05) is 30.3 Å². The van der Waals surface area contributed by atoms with E-state index in [0.29, 0.717) is 5.92 Å². The van der Waals surface area contributed by atoms with Crippen molar-refractivity contribution in [3.8, 4) is 6.07 Å². The second-order valence-corrected chi connectivity index (χ2v) is 11.1. The zero-order chi connectivity index (χ0) is 30.4. The molecule has 1 fully saturated rings. The number of nitrogens with one attached hydrogen (secondary N) is 1. The van der Waals surface area contributed by atoms with Crippen LogP contribution in [-0.2, 0) is 20.8 Å². The molecule has 218 valence electrons. The number of nitrogens with zero attached hydrogens (tertiary/aromatic N) is 2. The molecule has 0 saturated heterocycles. The van der Waals surface area contributed by atoms with E-state index in [1.807, 2.05) is 18.2 Å². The highest BCUT2D eigenvalue weighted by atomic mass is 16.4. The van der Waals surface area contributed by atoms with Gasteiger partial charge in [0.15, 0.2) is 5.60 Å². The van der Waals surface area contributed by atoms with E-state index in [1.165, 1.54) is 47.9 Å². The van der Waals surface area contributed by atoms with Gasteiger partial charge in [-0.3, -0.25) is 9.59 Å². The van der Waals surface area contributed by atoms with Crippen LogP contribution in [-0.4, -0.2) is 73.5 Å². The number of rotatable bonds is 9. The number of carbonyl (C=O) groups is 3. The van der Waals surface area contributed by atoms with Crippen LogP contribution in [0.1, 0.15) is 66.8 Å². The number of fused-ring (bicyclic) bond motifs is 1. The Bertz CT molecular complexity index is 1420. The van der Waals surface area contributed by atoms with Crippen molar-refractivity contribution in [1.29, 1.82) is 5.26 Å². The Morgan fingerprint density at radius 1 is 1.02 bits per heavy atom. The molecule has 41 heavy (non-hydrogen) atoms. The number of aryl methyl sites for hydroxylation is 1. The molecule has 10 heteroatoms. The minimum atomic E-state index is -2.74. The Morgan fingerprint density at radius 2 is 1.61 bits per heavy atom. The predicted molar refractivity (Wildman–Crippen MR) is 153 cm³/mol. The normalized spacial score (nSPS) is 18.8. The van der Waals surface area contributed by atoms with Crippen LogP contribution in [0.3, 0.4) is 0 Å². The molecular formula is C31H37N3O7. The molecule has 0 bridgehead atoms. The van der Waals surface area contributed by atoms with Crippen LogP contribution in [0.25, 0.3) is 10.9 Å². The number of aliphatic hydroxyl groups is 1. The van der Waals surface area contributed by atoms with Gasteiger partial charge in [-0.15, -0.1) is 0 Å². The Balaban J connectivity index is 0.000000302. The number of aromatic nitrogens is 1. The van der Waals surface area contributed by atoms with Crippen molar-refractivity contribution >= 4 is 28.8 Å². The van der Waals surface area contributed by atoms with E-state index in [-0.39, 0.29) is 5.54 Å². The first-order chi connectivity index (χ1) is 19.3. The van der Waals surface area contributed by atoms with Gasteiger partial charge in [0.2, 0.25) is 0 Å². The number of aliphatic carboxylic acids is 3. The fraction of sp³-hybridized carbons (Fsp3) is 0.419. The van der Waals surface area contributed by atoms with Crippen LogP contribution in [0.4, 0.5) is 0 Å². The number of benzene rings is 2. The third-order valence-corrected chi connectivity index (χ3v) is 8.16. The van der Waals surface area contributed by atoms with Crippen molar-refractivity contribution in [3.05, 3.63) is 70.9 Å². The zero-order valence-corrected chi connectivity index (χ0v) is 23.6. The number of hydrogen-bond acceptors (Lipinski definition) is 6. The molecule has 1 heterocycles. The van der Waals surface area contributed by atoms with Crippen LogP contribution >= 0.6 is 0 Å². The van der Waals surface area contributed by atoms with Crippen LogP contribution in [0.5, 0.6) is 0 Å². The minimum absolute atomic E-state index is 0.242. The van der Waals surface area contributed by atoms with Crippen molar-refractivity contribution in [3.63, 3.8) is 0 Å². The third-order valence-electron chi connectivity index (χ3n) is 8.16. The molecule has 2 aromatic carbocycles. The highest BCUT2D eigenvalue weighted by Gasteiger charge is 2.41. The van der Waals surface area contributed by atoms with Gasteiger partial charge in [0, 0.05) is 22.1 Å². The topological polar surface area (TPSA) is 175 Å². The maximum absolute atomic E-state index is 10.3. The van der Waals surface area contributed by atoms with Crippen LogP contribution < -0.4 is 0 Å². The summed E-state index contributed by atoms with van der Waals surface area (Å²) in [7, 11) is 4.47. The molecule has 0 spiro atoms. The molecule has 5 N–H and O–H groups in total. The Kier molecular flexibility index (Phi) is 9.92. The molecule has 0 atom stereocenters. The average molecular weight is 564 g/mol. The van der Waals surface area contributed by atoms with Crippen molar-refractivity contribution in [2.45, 2.75) is 68.9 Å². The highest BCUT2D eigenvalue weighted by molar-refractivity contribution is 5.88. The summed E-state index contributed by atoms with van der Waals surface area (Å²) < 4.78 is 0. The number of aromatic amines is 1. The number of likely N-dealkylation sites (N-methyl/N-ethyl adjacent to an activating group) is 1. The Morgan fingerprint density at radius 3 is 2.10 bits per heavy atom. The van der Waals surface area contributed by atoms with Gasteiger partial charge in [0.05, 0.1) is 24.5 Å². The molecule has 1 saturated carbocycles. The van der Waals surface area contributed by atoms with Crippen LogP contribution in [0, 0.1) is 18.3 Å². The SMILES string of the molecule is Cc1c(C2CCC(Cc3ccccc3)(N(C)C)CC2)[nH]c2ccc(C#N)cc12.O=C(O)CC(O)(CC(=O)O)C(=O)O. The summed E-state index contributed by atoms with van der Waals surface area (Å²) in [6, 6.07) is 19.1. The highest BCUT2D eigenvalue weighted by Crippen LogP contribution is 2.43. The van der Waals surface area contributed by atoms with Gasteiger partial charge in [0.25, 0.3) is 0 Å². The standard InChI is InChI=1S/C25H29N3.C6H8O7/c1-18-22-15-20(17-26)9-10-23(22)27-24(18)21-11-13-25(14-12-21,28(2)3)16-19-7-5-4-6-8-19;7-3(8)1-6(13,5(11)12)2-4(9)10/h4-10,15,21,27H,11-14,16H2,1-3H3;13H,1-2H2,(H,7,8)(H,9,10)(H,11,12).